The molecule has 3 heterocycles. The number of allylic oxidation sites excluding steroid dienone is 1. The Morgan fingerprint density at radius 3 is 2.55 bits per heavy atom. The minimum absolute atomic E-state index is 0. The molecule has 0 aliphatic rings. The Balaban J connectivity index is 0.00000240. The quantitative estimate of drug-likeness (QED) is 0.322. The molecule has 7 heteroatoms. The van der Waals surface area contributed by atoms with Crippen LogP contribution in [0.15, 0.2) is 67.4 Å². The number of nitrogens with zero attached hydrogens (tertiary/aromatic N) is 4. The third-order valence-corrected chi connectivity index (χ3v) is 5.51. The lowest BCUT2D eigenvalue weighted by molar-refractivity contribution is 0.105. The summed E-state index contributed by atoms with van der Waals surface area (Å²) < 4.78 is 1.83. The zero-order valence-electron chi connectivity index (χ0n) is 15.9. The molecule has 29 heavy (non-hydrogen) atoms. The van der Waals surface area contributed by atoms with Gasteiger partial charge >= 0.3 is 0 Å². The van der Waals surface area contributed by atoms with E-state index in [1.54, 1.807) is 30.9 Å². The first kappa shape index (κ1) is 20.6. The number of ketones is 1. The summed E-state index contributed by atoms with van der Waals surface area (Å²) in [6, 6.07) is 12.0. The maximum absolute atomic E-state index is 12.6. The monoisotopic (exact) mass is 422 g/mol. The van der Waals surface area contributed by atoms with E-state index < -0.39 is 0 Å². The van der Waals surface area contributed by atoms with Crippen molar-refractivity contribution in [2.75, 3.05) is 0 Å². The van der Waals surface area contributed by atoms with Gasteiger partial charge in [0.15, 0.2) is 5.78 Å². The molecular formula is C22H19ClN4OS. The van der Waals surface area contributed by atoms with Crippen molar-refractivity contribution in [1.29, 1.82) is 0 Å². The number of rotatable bonds is 5. The van der Waals surface area contributed by atoms with E-state index in [9.17, 15) is 4.79 Å². The molecule has 0 aliphatic carbocycles. The van der Waals surface area contributed by atoms with Crippen LogP contribution in [0.25, 0.3) is 22.5 Å². The van der Waals surface area contributed by atoms with Gasteiger partial charge in [-0.1, -0.05) is 29.8 Å². The number of aryl methyl sites for hydroxylation is 2. The first-order valence-electron chi connectivity index (χ1n) is 8.81. The second-order valence-electron chi connectivity index (χ2n) is 6.42. The normalized spacial score (nSPS) is 10.8. The predicted octanol–water partition coefficient (Wildman–Crippen LogP) is 5.33. The standard InChI is InChI=1S/C22H18N4OS.ClH/c1-15-3-7-18(8-4-15)22-25-16(2)21(28-22)19(27)9-5-17-6-10-20(24-13-17)26-12-11-23-14-26;/h3-14H,1-2H3;1H/b9-5+;. The lowest BCUT2D eigenvalue weighted by Crippen LogP contribution is -1.95. The Hall–Kier alpha value is -3.09. The summed E-state index contributed by atoms with van der Waals surface area (Å²) in [4.78, 5) is 26.3. The van der Waals surface area contributed by atoms with Crippen molar-refractivity contribution in [1.82, 2.24) is 19.5 Å². The predicted molar refractivity (Wildman–Crippen MR) is 119 cm³/mol. The van der Waals surface area contributed by atoms with Crippen LogP contribution in [0.5, 0.6) is 0 Å². The van der Waals surface area contributed by atoms with Gasteiger partial charge in [0.2, 0.25) is 0 Å². The first-order chi connectivity index (χ1) is 13.6. The Kier molecular flexibility index (Phi) is 6.36. The van der Waals surface area contributed by atoms with Crippen LogP contribution in [0.1, 0.15) is 26.5 Å². The lowest BCUT2D eigenvalue weighted by atomic mass is 10.2. The zero-order valence-corrected chi connectivity index (χ0v) is 17.6. The molecule has 3 aromatic heterocycles. The number of halogens is 1. The van der Waals surface area contributed by atoms with Crippen molar-refractivity contribution >= 4 is 35.6 Å². The Bertz CT molecular complexity index is 1130. The zero-order chi connectivity index (χ0) is 19.5. The van der Waals surface area contributed by atoms with Crippen LogP contribution in [0.4, 0.5) is 0 Å². The van der Waals surface area contributed by atoms with Crippen LogP contribution in [-0.2, 0) is 0 Å². The van der Waals surface area contributed by atoms with Gasteiger partial charge in [0.05, 0.1) is 10.6 Å². The Morgan fingerprint density at radius 1 is 1.10 bits per heavy atom. The molecule has 4 rings (SSSR count). The van der Waals surface area contributed by atoms with Crippen LogP contribution < -0.4 is 0 Å². The van der Waals surface area contributed by atoms with Crippen LogP contribution in [0.2, 0.25) is 0 Å². The number of carbonyl (C=O) groups excluding carboxylic acids is 1. The van der Waals surface area contributed by atoms with Crippen LogP contribution in [0.3, 0.4) is 0 Å². The van der Waals surface area contributed by atoms with E-state index in [-0.39, 0.29) is 18.2 Å². The van der Waals surface area contributed by atoms with Gasteiger partial charge in [-0.2, -0.15) is 0 Å². The number of pyridine rings is 1. The summed E-state index contributed by atoms with van der Waals surface area (Å²) in [7, 11) is 0. The number of imidazole rings is 1. The third kappa shape index (κ3) is 4.67. The molecule has 0 N–H and O–H groups in total. The molecule has 0 aliphatic heterocycles. The van der Waals surface area contributed by atoms with Gasteiger partial charge in [-0.15, -0.1) is 23.7 Å². The van der Waals surface area contributed by atoms with Gasteiger partial charge in [-0.3, -0.25) is 9.36 Å². The van der Waals surface area contributed by atoms with Gasteiger partial charge in [-0.05, 0) is 43.7 Å². The Labute approximate surface area is 179 Å². The van der Waals surface area contributed by atoms with Crippen molar-refractivity contribution in [2.45, 2.75) is 13.8 Å². The number of benzene rings is 1. The summed E-state index contributed by atoms with van der Waals surface area (Å²) in [5.74, 6) is 0.731. The average Bonchev–Trinajstić information content (AvgIpc) is 3.37. The molecule has 1 aromatic carbocycles. The summed E-state index contributed by atoms with van der Waals surface area (Å²) >= 11 is 1.42. The highest BCUT2D eigenvalue weighted by Gasteiger charge is 2.14. The van der Waals surface area contributed by atoms with Crippen molar-refractivity contribution in [3.05, 3.63) is 89.1 Å². The maximum atomic E-state index is 12.6. The van der Waals surface area contributed by atoms with E-state index in [1.165, 1.54) is 16.9 Å². The van der Waals surface area contributed by atoms with E-state index in [2.05, 4.69) is 15.0 Å². The van der Waals surface area contributed by atoms with E-state index >= 15 is 0 Å². The highest BCUT2D eigenvalue weighted by Crippen LogP contribution is 2.28. The molecule has 146 valence electrons. The van der Waals surface area contributed by atoms with E-state index in [0.717, 1.165) is 27.6 Å². The van der Waals surface area contributed by atoms with Crippen LogP contribution >= 0.6 is 23.7 Å². The summed E-state index contributed by atoms with van der Waals surface area (Å²) in [6.07, 6.45) is 10.3. The molecule has 0 amide bonds. The topological polar surface area (TPSA) is 60.7 Å². The number of thiazole rings is 1. The molecule has 0 unspecified atom stereocenters. The highest BCUT2D eigenvalue weighted by atomic mass is 35.5. The van der Waals surface area contributed by atoms with Gasteiger partial charge in [0.25, 0.3) is 0 Å². The lowest BCUT2D eigenvalue weighted by Gasteiger charge is -2.00. The molecule has 0 atom stereocenters. The summed E-state index contributed by atoms with van der Waals surface area (Å²) in [5, 5.41) is 0.862. The second kappa shape index (κ2) is 8.94. The molecule has 0 bridgehead atoms. The van der Waals surface area contributed by atoms with Gasteiger partial charge in [0.1, 0.15) is 17.2 Å². The fraction of sp³-hybridized carbons (Fsp3) is 0.0909. The molecular weight excluding hydrogens is 404 g/mol. The first-order valence-corrected chi connectivity index (χ1v) is 9.63. The third-order valence-electron chi connectivity index (χ3n) is 4.29. The molecule has 0 fully saturated rings. The SMILES string of the molecule is Cc1ccc(-c2nc(C)c(C(=O)/C=C/c3ccc(-n4ccnc4)nc3)s2)cc1.Cl. The van der Waals surface area contributed by atoms with Gasteiger partial charge in [0, 0.05) is 24.2 Å². The van der Waals surface area contributed by atoms with Crippen molar-refractivity contribution in [2.24, 2.45) is 0 Å². The van der Waals surface area contributed by atoms with Crippen molar-refractivity contribution in [3.63, 3.8) is 0 Å². The van der Waals surface area contributed by atoms with E-state index in [4.69, 9.17) is 0 Å². The fourth-order valence-electron chi connectivity index (χ4n) is 2.74. The number of carbonyl (C=O) groups is 1. The van der Waals surface area contributed by atoms with Gasteiger partial charge < -0.3 is 0 Å². The molecule has 0 radical (unpaired) electrons. The summed E-state index contributed by atoms with van der Waals surface area (Å²) in [6.45, 7) is 3.92. The Morgan fingerprint density at radius 2 is 1.90 bits per heavy atom. The van der Waals surface area contributed by atoms with E-state index in [0.29, 0.717) is 4.88 Å². The van der Waals surface area contributed by atoms with Crippen molar-refractivity contribution in [3.8, 4) is 16.4 Å². The number of aromatic nitrogens is 4. The van der Waals surface area contributed by atoms with Gasteiger partial charge in [-0.25, -0.2) is 15.0 Å². The number of hydrogen-bond donors (Lipinski definition) is 0. The molecule has 0 saturated heterocycles. The highest BCUT2D eigenvalue weighted by molar-refractivity contribution is 7.17. The van der Waals surface area contributed by atoms with Crippen molar-refractivity contribution < 1.29 is 4.79 Å². The summed E-state index contributed by atoms with van der Waals surface area (Å²) in [5.41, 5.74) is 3.84. The number of hydrogen-bond acceptors (Lipinski definition) is 5. The maximum Gasteiger partial charge on any atom is 0.197 e. The van der Waals surface area contributed by atoms with Crippen LogP contribution in [-0.4, -0.2) is 25.3 Å². The molecule has 5 nitrogen and oxygen atoms in total. The smallest absolute Gasteiger partial charge is 0.197 e. The average molecular weight is 423 g/mol. The van der Waals surface area contributed by atoms with Crippen LogP contribution in [0, 0.1) is 13.8 Å². The second-order valence-corrected chi connectivity index (χ2v) is 7.42. The fourth-order valence-corrected chi connectivity index (χ4v) is 3.73. The minimum atomic E-state index is -0.0490. The largest absolute Gasteiger partial charge is 0.291 e. The minimum Gasteiger partial charge on any atom is -0.291 e. The molecule has 0 saturated carbocycles. The van der Waals surface area contributed by atoms with E-state index in [1.807, 2.05) is 61.0 Å². The molecule has 0 spiro atoms. The molecule has 4 aromatic rings.